The average molecular weight is 405 g/mol. The lowest BCUT2D eigenvalue weighted by atomic mass is 10.0. The number of hydrogen-bond acceptors (Lipinski definition) is 4. The van der Waals surface area contributed by atoms with Crippen LogP contribution in [0.3, 0.4) is 0 Å². The van der Waals surface area contributed by atoms with Gasteiger partial charge in [0, 0.05) is 22.5 Å². The van der Waals surface area contributed by atoms with Crippen molar-refractivity contribution in [3.05, 3.63) is 65.4 Å². The van der Waals surface area contributed by atoms with Gasteiger partial charge >= 0.3 is 6.18 Å². The predicted molar refractivity (Wildman–Crippen MR) is 96.0 cm³/mol. The molecule has 6 nitrogen and oxygen atoms in total. The molecule has 0 saturated heterocycles. The number of nitrogens with zero attached hydrogens (tertiary/aromatic N) is 3. The molecule has 0 spiro atoms. The number of alkyl halides is 3. The lowest BCUT2D eigenvalue weighted by molar-refractivity contribution is -0.141. The maximum Gasteiger partial charge on any atom is 0.436 e. The standard InChI is InChI=1S/C18H13F3N4O2S/c1-11-2-4-12(5-3-11)16-15(10-22)17(18(19,20)21)23-25(16)14-8-6-13(7-9-14)24-28(26)27/h2-9,24H,1H3,(H,26,27)/p-1. The first-order valence-electron chi connectivity index (χ1n) is 7.84. The van der Waals surface area contributed by atoms with Gasteiger partial charge in [-0.05, 0) is 31.2 Å². The molecule has 0 saturated carbocycles. The molecule has 3 aromatic rings. The van der Waals surface area contributed by atoms with Crippen molar-refractivity contribution in [2.24, 2.45) is 0 Å². The predicted octanol–water partition coefficient (Wildman–Crippen LogP) is 3.94. The maximum absolute atomic E-state index is 13.4. The zero-order valence-corrected chi connectivity index (χ0v) is 15.1. The number of aromatic nitrogens is 2. The average Bonchev–Trinajstić information content (AvgIpc) is 3.02. The van der Waals surface area contributed by atoms with E-state index in [-0.39, 0.29) is 17.1 Å². The van der Waals surface area contributed by atoms with Gasteiger partial charge in [-0.3, -0.25) is 4.21 Å². The highest BCUT2D eigenvalue weighted by atomic mass is 32.2. The highest BCUT2D eigenvalue weighted by molar-refractivity contribution is 7.80. The number of anilines is 1. The van der Waals surface area contributed by atoms with Crippen molar-refractivity contribution in [3.63, 3.8) is 0 Å². The quantitative estimate of drug-likeness (QED) is 0.665. The van der Waals surface area contributed by atoms with Crippen molar-refractivity contribution in [3.8, 4) is 23.0 Å². The van der Waals surface area contributed by atoms with Crippen LogP contribution < -0.4 is 4.72 Å². The van der Waals surface area contributed by atoms with E-state index in [1.165, 1.54) is 24.3 Å². The molecule has 0 aliphatic carbocycles. The molecule has 0 bridgehead atoms. The van der Waals surface area contributed by atoms with Gasteiger partial charge < -0.3 is 9.27 Å². The highest BCUT2D eigenvalue weighted by Crippen LogP contribution is 2.37. The number of hydrogen-bond donors (Lipinski definition) is 1. The second-order valence-electron chi connectivity index (χ2n) is 5.84. The number of aryl methyl sites for hydroxylation is 1. The van der Waals surface area contributed by atoms with Crippen molar-refractivity contribution in [1.82, 2.24) is 9.78 Å². The molecule has 1 aromatic heterocycles. The van der Waals surface area contributed by atoms with Crippen LogP contribution in [0.25, 0.3) is 16.9 Å². The molecule has 0 amide bonds. The first-order valence-corrected chi connectivity index (χ1v) is 8.92. The van der Waals surface area contributed by atoms with Crippen LogP contribution >= 0.6 is 0 Å². The van der Waals surface area contributed by atoms with E-state index >= 15 is 0 Å². The van der Waals surface area contributed by atoms with E-state index in [4.69, 9.17) is 0 Å². The lowest BCUT2D eigenvalue weighted by Crippen LogP contribution is -2.09. The molecule has 28 heavy (non-hydrogen) atoms. The molecular weight excluding hydrogens is 393 g/mol. The minimum Gasteiger partial charge on any atom is -0.755 e. The van der Waals surface area contributed by atoms with Gasteiger partial charge in [0.25, 0.3) is 0 Å². The zero-order chi connectivity index (χ0) is 20.5. The SMILES string of the molecule is Cc1ccc(-c2c(C#N)c(C(F)(F)F)nn2-c2ccc(NS(=O)[O-])cc2)cc1. The minimum atomic E-state index is -4.81. The van der Waals surface area contributed by atoms with E-state index < -0.39 is 28.7 Å². The van der Waals surface area contributed by atoms with Crippen molar-refractivity contribution < 1.29 is 21.9 Å². The van der Waals surface area contributed by atoms with Crippen molar-refractivity contribution >= 4 is 17.0 Å². The van der Waals surface area contributed by atoms with Gasteiger partial charge in [-0.2, -0.15) is 23.5 Å². The Morgan fingerprint density at radius 1 is 1.14 bits per heavy atom. The molecule has 10 heteroatoms. The third-order valence-electron chi connectivity index (χ3n) is 3.90. The molecule has 144 valence electrons. The fourth-order valence-electron chi connectivity index (χ4n) is 2.65. The summed E-state index contributed by atoms with van der Waals surface area (Å²) in [6.07, 6.45) is -4.81. The van der Waals surface area contributed by atoms with Crippen LogP contribution in [0.15, 0.2) is 48.5 Å². The molecule has 3 rings (SSSR count). The van der Waals surface area contributed by atoms with Crippen LogP contribution in [-0.4, -0.2) is 18.5 Å². The Morgan fingerprint density at radius 3 is 2.25 bits per heavy atom. The number of nitrogens with one attached hydrogen (secondary N) is 1. The second kappa shape index (κ2) is 7.46. The first-order chi connectivity index (χ1) is 13.2. The summed E-state index contributed by atoms with van der Waals surface area (Å²) in [5, 5.41) is 13.0. The second-order valence-corrected chi connectivity index (χ2v) is 6.52. The number of nitriles is 1. The molecule has 1 heterocycles. The van der Waals surface area contributed by atoms with E-state index in [2.05, 4.69) is 9.82 Å². The lowest BCUT2D eigenvalue weighted by Gasteiger charge is -2.11. The summed E-state index contributed by atoms with van der Waals surface area (Å²) in [6.45, 7) is 1.83. The van der Waals surface area contributed by atoms with E-state index in [1.807, 2.05) is 6.92 Å². The molecule has 0 aliphatic heterocycles. The van der Waals surface area contributed by atoms with Crippen LogP contribution in [0.2, 0.25) is 0 Å². The van der Waals surface area contributed by atoms with E-state index in [9.17, 15) is 27.2 Å². The van der Waals surface area contributed by atoms with Crippen molar-refractivity contribution in [2.75, 3.05) is 4.72 Å². The molecule has 2 aromatic carbocycles. The summed E-state index contributed by atoms with van der Waals surface area (Å²) in [6, 6.07) is 13.8. The van der Waals surface area contributed by atoms with Gasteiger partial charge in [-0.25, -0.2) is 4.68 Å². The Hall–Kier alpha value is -3.16. The van der Waals surface area contributed by atoms with Crippen LogP contribution in [0, 0.1) is 18.3 Å². The molecule has 1 N–H and O–H groups in total. The Balaban J connectivity index is 2.22. The fourth-order valence-corrected chi connectivity index (χ4v) is 2.98. The summed E-state index contributed by atoms with van der Waals surface area (Å²) in [4.78, 5) is 0. The van der Waals surface area contributed by atoms with Gasteiger partial charge in [0.2, 0.25) is 0 Å². The van der Waals surface area contributed by atoms with Crippen LogP contribution in [0.5, 0.6) is 0 Å². The Morgan fingerprint density at radius 2 is 1.75 bits per heavy atom. The van der Waals surface area contributed by atoms with Crippen LogP contribution in [-0.2, 0) is 17.4 Å². The van der Waals surface area contributed by atoms with Crippen LogP contribution in [0.4, 0.5) is 18.9 Å². The molecule has 0 aliphatic rings. The Kier molecular flexibility index (Phi) is 5.22. The monoisotopic (exact) mass is 405 g/mol. The van der Waals surface area contributed by atoms with Gasteiger partial charge in [-0.1, -0.05) is 29.8 Å². The summed E-state index contributed by atoms with van der Waals surface area (Å²) in [7, 11) is 0. The summed E-state index contributed by atoms with van der Waals surface area (Å²) < 4.78 is 64.8. The van der Waals surface area contributed by atoms with Gasteiger partial charge in [-0.15, -0.1) is 0 Å². The van der Waals surface area contributed by atoms with Crippen molar-refractivity contribution in [2.45, 2.75) is 13.1 Å². The van der Waals surface area contributed by atoms with E-state index in [0.29, 0.717) is 5.56 Å². The van der Waals surface area contributed by atoms with Gasteiger partial charge in [0.1, 0.15) is 11.6 Å². The number of benzene rings is 2. The molecule has 1 atom stereocenters. The van der Waals surface area contributed by atoms with Crippen molar-refractivity contribution in [1.29, 1.82) is 5.26 Å². The third-order valence-corrected chi connectivity index (χ3v) is 4.31. The molecule has 0 fully saturated rings. The maximum atomic E-state index is 13.4. The summed E-state index contributed by atoms with van der Waals surface area (Å²) in [5.41, 5.74) is -0.0866. The summed E-state index contributed by atoms with van der Waals surface area (Å²) >= 11 is -2.53. The molecule has 0 radical (unpaired) electrons. The summed E-state index contributed by atoms with van der Waals surface area (Å²) in [5.74, 6) is 0. The topological polar surface area (TPSA) is 93.8 Å². The smallest absolute Gasteiger partial charge is 0.436 e. The van der Waals surface area contributed by atoms with Gasteiger partial charge in [0.15, 0.2) is 5.69 Å². The number of halogens is 3. The van der Waals surface area contributed by atoms with E-state index in [1.54, 1.807) is 30.3 Å². The first kappa shape index (κ1) is 19.6. The minimum absolute atomic E-state index is 0.00272. The fraction of sp³-hybridized carbons (Fsp3) is 0.111. The Bertz CT molecular complexity index is 1070. The van der Waals surface area contributed by atoms with E-state index in [0.717, 1.165) is 10.2 Å². The van der Waals surface area contributed by atoms with Crippen LogP contribution in [0.1, 0.15) is 16.8 Å². The highest BCUT2D eigenvalue weighted by Gasteiger charge is 2.40. The zero-order valence-electron chi connectivity index (χ0n) is 14.3. The molecular formula is C18H12F3N4O2S-. The number of rotatable bonds is 4. The van der Waals surface area contributed by atoms with Gasteiger partial charge in [0.05, 0.1) is 11.4 Å². The largest absolute Gasteiger partial charge is 0.755 e. The molecule has 1 unspecified atom stereocenters. The Labute approximate surface area is 160 Å². The third kappa shape index (κ3) is 3.90. The normalized spacial score (nSPS) is 12.4.